The summed E-state index contributed by atoms with van der Waals surface area (Å²) in [6, 6.07) is 7.16. The lowest BCUT2D eigenvalue weighted by Gasteiger charge is -1.91. The molecule has 0 aromatic heterocycles. The Labute approximate surface area is 76.0 Å². The SMILES string of the molecule is F.F.F.FCc1ccc(Br)cc1. The Morgan fingerprint density at radius 1 is 1.00 bits per heavy atom. The van der Waals surface area contributed by atoms with E-state index in [4.69, 9.17) is 0 Å². The topological polar surface area (TPSA) is 0 Å². The lowest BCUT2D eigenvalue weighted by molar-refractivity contribution is 0.485. The van der Waals surface area contributed by atoms with E-state index < -0.39 is 0 Å². The summed E-state index contributed by atoms with van der Waals surface area (Å²) in [7, 11) is 0. The quantitative estimate of drug-likeness (QED) is 0.669. The molecule has 0 aliphatic carbocycles. The van der Waals surface area contributed by atoms with Crippen molar-refractivity contribution in [2.24, 2.45) is 0 Å². The molecular weight excluding hydrogens is 240 g/mol. The van der Waals surface area contributed by atoms with Crippen molar-refractivity contribution in [1.82, 2.24) is 0 Å². The van der Waals surface area contributed by atoms with E-state index >= 15 is 0 Å². The molecular formula is C7H9BrF4. The van der Waals surface area contributed by atoms with Crippen molar-refractivity contribution in [3.8, 4) is 0 Å². The molecule has 0 aliphatic rings. The van der Waals surface area contributed by atoms with Crippen molar-refractivity contribution in [2.45, 2.75) is 6.67 Å². The first kappa shape index (κ1) is 17.5. The summed E-state index contributed by atoms with van der Waals surface area (Å²) >= 11 is 3.25. The Morgan fingerprint density at radius 3 is 1.75 bits per heavy atom. The molecule has 5 heteroatoms. The molecule has 0 amide bonds. The maximum absolute atomic E-state index is 11.8. The minimum absolute atomic E-state index is 0. The zero-order chi connectivity index (χ0) is 6.69. The third-order valence-electron chi connectivity index (χ3n) is 1.07. The zero-order valence-electron chi connectivity index (χ0n) is 6.00. The highest BCUT2D eigenvalue weighted by atomic mass is 79.9. The summed E-state index contributed by atoms with van der Waals surface area (Å²) in [5.41, 5.74) is 0.721. The molecule has 0 radical (unpaired) electrons. The smallest absolute Gasteiger partial charge is 0.115 e. The van der Waals surface area contributed by atoms with Crippen molar-refractivity contribution in [2.75, 3.05) is 0 Å². The highest BCUT2D eigenvalue weighted by molar-refractivity contribution is 9.10. The van der Waals surface area contributed by atoms with Crippen LogP contribution >= 0.6 is 15.9 Å². The number of hydrogen-bond donors (Lipinski definition) is 0. The normalized spacial score (nSPS) is 7.17. The summed E-state index contributed by atoms with van der Waals surface area (Å²) in [6.07, 6.45) is 0. The lowest BCUT2D eigenvalue weighted by atomic mass is 10.2. The third kappa shape index (κ3) is 5.12. The van der Waals surface area contributed by atoms with E-state index in [0.717, 1.165) is 10.0 Å². The van der Waals surface area contributed by atoms with Crippen LogP contribution in [0.2, 0.25) is 0 Å². The van der Waals surface area contributed by atoms with Gasteiger partial charge in [0.2, 0.25) is 0 Å². The maximum Gasteiger partial charge on any atom is 0.115 e. The highest BCUT2D eigenvalue weighted by Crippen LogP contribution is 2.10. The summed E-state index contributed by atoms with van der Waals surface area (Å²) < 4.78 is 12.8. The molecule has 72 valence electrons. The van der Waals surface area contributed by atoms with E-state index in [9.17, 15) is 4.39 Å². The van der Waals surface area contributed by atoms with Crippen LogP contribution in [0.4, 0.5) is 18.5 Å². The van der Waals surface area contributed by atoms with E-state index in [0.29, 0.717) is 0 Å². The predicted molar refractivity (Wildman–Crippen MR) is 46.5 cm³/mol. The van der Waals surface area contributed by atoms with Gasteiger partial charge in [0.25, 0.3) is 0 Å². The maximum atomic E-state index is 11.8. The van der Waals surface area contributed by atoms with Crippen LogP contribution in [0, 0.1) is 0 Å². The minimum Gasteiger partial charge on any atom is -0.269 e. The van der Waals surface area contributed by atoms with Gasteiger partial charge in [-0.1, -0.05) is 28.1 Å². The van der Waals surface area contributed by atoms with Crippen LogP contribution in [0.1, 0.15) is 5.56 Å². The van der Waals surface area contributed by atoms with Crippen LogP contribution in [0.5, 0.6) is 0 Å². The Hall–Kier alpha value is -0.580. The van der Waals surface area contributed by atoms with E-state index in [1.165, 1.54) is 0 Å². The molecule has 1 aromatic rings. The highest BCUT2D eigenvalue weighted by Gasteiger charge is 1.88. The van der Waals surface area contributed by atoms with Gasteiger partial charge >= 0.3 is 0 Å². The first-order chi connectivity index (χ1) is 4.33. The molecule has 0 spiro atoms. The van der Waals surface area contributed by atoms with Gasteiger partial charge < -0.3 is 0 Å². The Morgan fingerprint density at radius 2 is 1.42 bits per heavy atom. The molecule has 0 fully saturated rings. The van der Waals surface area contributed by atoms with Crippen LogP contribution in [-0.2, 0) is 6.67 Å². The van der Waals surface area contributed by atoms with Gasteiger partial charge in [0.05, 0.1) is 0 Å². The molecule has 1 aromatic carbocycles. The van der Waals surface area contributed by atoms with E-state index in [1.807, 2.05) is 12.1 Å². The van der Waals surface area contributed by atoms with Crippen molar-refractivity contribution < 1.29 is 18.5 Å². The average molecular weight is 249 g/mol. The van der Waals surface area contributed by atoms with Crippen LogP contribution in [0.3, 0.4) is 0 Å². The number of hydrogen-bond acceptors (Lipinski definition) is 0. The second kappa shape index (κ2) is 8.52. The van der Waals surface area contributed by atoms with Gasteiger partial charge in [-0.25, -0.2) is 4.39 Å². The molecule has 0 aliphatic heterocycles. The second-order valence-corrected chi connectivity index (χ2v) is 2.68. The number of halogens is 5. The molecule has 0 bridgehead atoms. The Balaban J connectivity index is -0.000000270. The fourth-order valence-corrected chi connectivity index (χ4v) is 0.838. The summed E-state index contributed by atoms with van der Waals surface area (Å²) in [5, 5.41) is 0. The lowest BCUT2D eigenvalue weighted by Crippen LogP contribution is -1.74. The molecule has 0 N–H and O–H groups in total. The van der Waals surface area contributed by atoms with Gasteiger partial charge in [-0.2, -0.15) is 0 Å². The zero-order valence-corrected chi connectivity index (χ0v) is 7.58. The van der Waals surface area contributed by atoms with Crippen molar-refractivity contribution in [3.63, 3.8) is 0 Å². The Bertz CT molecular complexity index is 187. The van der Waals surface area contributed by atoms with Crippen molar-refractivity contribution in [3.05, 3.63) is 34.3 Å². The van der Waals surface area contributed by atoms with Crippen LogP contribution < -0.4 is 0 Å². The van der Waals surface area contributed by atoms with E-state index in [-0.39, 0.29) is 20.8 Å². The summed E-state index contributed by atoms with van der Waals surface area (Å²) in [5.74, 6) is 0. The molecule has 1 rings (SSSR count). The van der Waals surface area contributed by atoms with Crippen LogP contribution in [0.15, 0.2) is 28.7 Å². The molecule has 0 atom stereocenters. The number of benzene rings is 1. The molecule has 0 unspecified atom stereocenters. The largest absolute Gasteiger partial charge is 0.269 e. The average Bonchev–Trinajstić information content (AvgIpc) is 1.90. The molecule has 12 heavy (non-hydrogen) atoms. The first-order valence-electron chi connectivity index (χ1n) is 2.63. The van der Waals surface area contributed by atoms with Crippen molar-refractivity contribution in [1.29, 1.82) is 0 Å². The van der Waals surface area contributed by atoms with Gasteiger partial charge in [0.15, 0.2) is 0 Å². The van der Waals surface area contributed by atoms with Gasteiger partial charge in [0.1, 0.15) is 6.67 Å². The van der Waals surface area contributed by atoms with Crippen molar-refractivity contribution >= 4 is 15.9 Å². The van der Waals surface area contributed by atoms with Gasteiger partial charge in [0, 0.05) is 4.47 Å². The standard InChI is InChI=1S/C7H6BrF.3FH/c8-7-3-1-6(5-9)2-4-7;;;/h1-4H,5H2;3*1H. The summed E-state index contributed by atoms with van der Waals surface area (Å²) in [6.45, 7) is -0.382. The van der Waals surface area contributed by atoms with E-state index in [1.54, 1.807) is 12.1 Å². The fourth-order valence-electron chi connectivity index (χ4n) is 0.573. The Kier molecular flexibility index (Phi) is 12.4. The molecule has 0 saturated heterocycles. The number of alkyl halides is 1. The number of rotatable bonds is 1. The second-order valence-electron chi connectivity index (χ2n) is 1.76. The molecule has 0 nitrogen and oxygen atoms in total. The first-order valence-corrected chi connectivity index (χ1v) is 3.42. The molecule has 0 saturated carbocycles. The van der Waals surface area contributed by atoms with Gasteiger partial charge in [-0.15, -0.1) is 0 Å². The van der Waals surface area contributed by atoms with Gasteiger partial charge in [-0.05, 0) is 17.7 Å². The fraction of sp³-hybridized carbons (Fsp3) is 0.143. The van der Waals surface area contributed by atoms with Crippen LogP contribution in [0.25, 0.3) is 0 Å². The minimum atomic E-state index is -0.382. The van der Waals surface area contributed by atoms with Gasteiger partial charge in [-0.3, -0.25) is 14.1 Å². The van der Waals surface area contributed by atoms with E-state index in [2.05, 4.69) is 15.9 Å². The summed E-state index contributed by atoms with van der Waals surface area (Å²) in [4.78, 5) is 0. The monoisotopic (exact) mass is 248 g/mol. The third-order valence-corrected chi connectivity index (χ3v) is 1.60. The van der Waals surface area contributed by atoms with Crippen LogP contribution in [-0.4, -0.2) is 0 Å². The molecule has 0 heterocycles. The predicted octanol–water partition coefficient (Wildman–Crippen LogP) is 3.38.